The van der Waals surface area contributed by atoms with Crippen molar-refractivity contribution in [1.29, 1.82) is 0 Å². The van der Waals surface area contributed by atoms with Crippen LogP contribution in [0.4, 0.5) is 13.2 Å². The number of sulfonamides is 1. The van der Waals surface area contributed by atoms with Crippen molar-refractivity contribution in [3.05, 3.63) is 33.8 Å². The van der Waals surface area contributed by atoms with Gasteiger partial charge in [0.25, 0.3) is 5.89 Å². The van der Waals surface area contributed by atoms with Gasteiger partial charge in [-0.3, -0.25) is 4.79 Å². The van der Waals surface area contributed by atoms with Gasteiger partial charge in [0.15, 0.2) is 5.01 Å². The highest BCUT2D eigenvalue weighted by Crippen LogP contribution is 2.46. The predicted octanol–water partition coefficient (Wildman–Crippen LogP) is 6.32. The molecule has 0 bridgehead atoms. The van der Waals surface area contributed by atoms with E-state index in [9.17, 15) is 26.4 Å². The maximum absolute atomic E-state index is 13.0. The van der Waals surface area contributed by atoms with E-state index in [1.54, 1.807) is 4.72 Å². The summed E-state index contributed by atoms with van der Waals surface area (Å²) in [6, 6.07) is 0.170. The number of carbonyl (C=O) groups is 1. The maximum Gasteiger partial charge on any atom is 0.404 e. The van der Waals surface area contributed by atoms with Crippen molar-refractivity contribution in [3.63, 3.8) is 0 Å². The first-order valence-corrected chi connectivity index (χ1v) is 15.4. The van der Waals surface area contributed by atoms with Gasteiger partial charge >= 0.3 is 12.1 Å². The number of carboxylic acid groups (broad SMARTS) is 1. The molecule has 3 aromatic rings. The van der Waals surface area contributed by atoms with Crippen molar-refractivity contribution < 1.29 is 35.9 Å². The highest BCUT2D eigenvalue weighted by molar-refractivity contribution is 7.89. The quantitative estimate of drug-likeness (QED) is 0.278. The molecule has 16 heteroatoms. The lowest BCUT2D eigenvalue weighted by atomic mass is 9.75. The first-order chi connectivity index (χ1) is 18.7. The Kier molecular flexibility index (Phi) is 7.94. The van der Waals surface area contributed by atoms with E-state index in [4.69, 9.17) is 37.7 Å². The van der Waals surface area contributed by atoms with E-state index in [2.05, 4.69) is 10.2 Å². The van der Waals surface area contributed by atoms with Crippen molar-refractivity contribution in [2.75, 3.05) is 0 Å². The number of carboxylic acids is 1. The van der Waals surface area contributed by atoms with Gasteiger partial charge in [-0.1, -0.05) is 48.5 Å². The zero-order valence-corrected chi connectivity index (χ0v) is 24.0. The van der Waals surface area contributed by atoms with Gasteiger partial charge in [-0.05, 0) is 38.2 Å². The second-order valence-corrected chi connectivity index (χ2v) is 13.5. The molecule has 2 aliphatic rings. The molecule has 2 heterocycles. The smallest absolute Gasteiger partial charge is 0.404 e. The number of rotatable bonds is 9. The molecule has 0 amide bonds. The van der Waals surface area contributed by atoms with E-state index in [1.165, 1.54) is 17.4 Å². The number of hydrogen-bond donors (Lipinski definition) is 2. The van der Waals surface area contributed by atoms with Crippen LogP contribution in [0.1, 0.15) is 56.5 Å². The Morgan fingerprint density at radius 1 is 1.23 bits per heavy atom. The standard InChI is InChI=1S/C24H23Cl2F3N4O5S2/c1-10(24(27,28)29)33-40(36,37)16-6-5-14(17(25)18(16)26)19-15(7-11-3-2-4-11)30-22(39-19)21-32-31-20(38-21)12-8-13(9-12)23(34)35/h5-6,10-13,33H,2-4,7-9H2,1H3,(H,34,35)/t10-,12?,13?/m0/s1. The van der Waals surface area contributed by atoms with Crippen molar-refractivity contribution >= 4 is 50.5 Å². The second kappa shape index (κ2) is 10.9. The molecule has 0 spiro atoms. The Hall–Kier alpha value is -2.26. The Morgan fingerprint density at radius 2 is 1.93 bits per heavy atom. The van der Waals surface area contributed by atoms with E-state index in [-0.39, 0.29) is 16.8 Å². The van der Waals surface area contributed by atoms with Crippen LogP contribution in [0, 0.1) is 11.8 Å². The normalized spacial score (nSPS) is 20.6. The van der Waals surface area contributed by atoms with Crippen LogP contribution in [-0.4, -0.2) is 46.9 Å². The monoisotopic (exact) mass is 638 g/mol. The number of nitrogens with one attached hydrogen (secondary N) is 1. The van der Waals surface area contributed by atoms with Crippen LogP contribution in [0.15, 0.2) is 21.4 Å². The van der Waals surface area contributed by atoms with Crippen molar-refractivity contribution in [2.45, 2.75) is 68.5 Å². The summed E-state index contributed by atoms with van der Waals surface area (Å²) >= 11 is 14.0. The lowest BCUT2D eigenvalue weighted by Gasteiger charge is -2.29. The summed E-state index contributed by atoms with van der Waals surface area (Å²) in [6.45, 7) is 0.686. The minimum atomic E-state index is -4.79. The topological polar surface area (TPSA) is 135 Å². The Morgan fingerprint density at radius 3 is 2.52 bits per heavy atom. The molecule has 0 radical (unpaired) electrons. The minimum Gasteiger partial charge on any atom is -0.481 e. The van der Waals surface area contributed by atoms with Gasteiger partial charge < -0.3 is 9.52 Å². The van der Waals surface area contributed by atoms with Crippen LogP contribution in [-0.2, 0) is 21.2 Å². The Labute approximate surface area is 241 Å². The first kappa shape index (κ1) is 29.2. The fourth-order valence-electron chi connectivity index (χ4n) is 4.55. The number of hydrogen-bond acceptors (Lipinski definition) is 8. The van der Waals surface area contributed by atoms with Gasteiger partial charge in [-0.25, -0.2) is 13.4 Å². The molecule has 9 nitrogen and oxygen atoms in total. The van der Waals surface area contributed by atoms with Crippen molar-refractivity contribution in [3.8, 4) is 21.3 Å². The maximum atomic E-state index is 13.0. The predicted molar refractivity (Wildman–Crippen MR) is 141 cm³/mol. The summed E-state index contributed by atoms with van der Waals surface area (Å²) in [7, 11) is -4.64. The van der Waals surface area contributed by atoms with E-state index < -0.39 is 44.0 Å². The number of halogens is 5. The highest BCUT2D eigenvalue weighted by atomic mass is 35.5. The summed E-state index contributed by atoms with van der Waals surface area (Å²) < 4.78 is 71.7. The SMILES string of the molecule is C[C@H](NS(=O)(=O)c1ccc(-c2sc(-c3nnc(C4CC(C(=O)O)C4)o3)nc2CC2CCC2)c(Cl)c1Cl)C(F)(F)F. The molecule has 1 aromatic carbocycles. The molecule has 1 atom stereocenters. The third-order valence-corrected chi connectivity index (χ3v) is 11.0. The second-order valence-electron chi connectivity index (χ2n) is 10.1. The van der Waals surface area contributed by atoms with Crippen molar-refractivity contribution in [1.82, 2.24) is 19.9 Å². The minimum absolute atomic E-state index is 0.144. The largest absolute Gasteiger partial charge is 0.481 e. The molecule has 2 aliphatic carbocycles. The van der Waals surface area contributed by atoms with E-state index >= 15 is 0 Å². The van der Waals surface area contributed by atoms with E-state index in [0.717, 1.165) is 25.3 Å². The summed E-state index contributed by atoms with van der Waals surface area (Å²) in [5.74, 6) is -0.551. The number of aromatic nitrogens is 3. The highest BCUT2D eigenvalue weighted by Gasteiger charge is 2.40. The van der Waals surface area contributed by atoms with Crippen LogP contribution in [0.5, 0.6) is 0 Å². The van der Waals surface area contributed by atoms with Crippen LogP contribution in [0.3, 0.4) is 0 Å². The number of nitrogens with zero attached hydrogens (tertiary/aromatic N) is 3. The van der Waals surface area contributed by atoms with Gasteiger partial charge in [0, 0.05) is 11.5 Å². The number of alkyl halides is 3. The van der Waals surface area contributed by atoms with Gasteiger partial charge in [0.05, 0.1) is 26.5 Å². The number of thiazole rings is 1. The van der Waals surface area contributed by atoms with Gasteiger partial charge in [0.2, 0.25) is 15.9 Å². The number of aliphatic carboxylic acids is 1. The third-order valence-electron chi connectivity index (χ3n) is 7.27. The Bertz CT molecular complexity index is 1550. The third kappa shape index (κ3) is 5.73. The van der Waals surface area contributed by atoms with E-state index in [0.29, 0.717) is 59.1 Å². The molecule has 2 fully saturated rings. The summed E-state index contributed by atoms with van der Waals surface area (Å²) in [5.41, 5.74) is 1.05. The van der Waals surface area contributed by atoms with Gasteiger partial charge in [0.1, 0.15) is 10.9 Å². The molecule has 5 rings (SSSR count). The lowest BCUT2D eigenvalue weighted by Crippen LogP contribution is -2.43. The summed E-state index contributed by atoms with van der Waals surface area (Å²) in [4.78, 5) is 15.9. The number of benzene rings is 1. The average Bonchev–Trinajstić information content (AvgIpc) is 3.43. The molecule has 0 unspecified atom stereocenters. The summed E-state index contributed by atoms with van der Waals surface area (Å²) in [5, 5.41) is 17.1. The summed E-state index contributed by atoms with van der Waals surface area (Å²) in [6.07, 6.45) is -0.195. The molecule has 2 N–H and O–H groups in total. The molecule has 2 saturated carbocycles. The molecule has 40 heavy (non-hydrogen) atoms. The molecule has 216 valence electrons. The van der Waals surface area contributed by atoms with Gasteiger partial charge in [-0.15, -0.1) is 21.5 Å². The zero-order chi connectivity index (χ0) is 29.0. The van der Waals surface area contributed by atoms with Gasteiger partial charge in [-0.2, -0.15) is 17.9 Å². The average molecular weight is 640 g/mol. The molecular weight excluding hydrogens is 616 g/mol. The van der Waals surface area contributed by atoms with Crippen LogP contribution in [0.25, 0.3) is 21.3 Å². The van der Waals surface area contributed by atoms with E-state index in [1.807, 2.05) is 0 Å². The molecule has 2 aromatic heterocycles. The fraction of sp³-hybridized carbons (Fsp3) is 0.500. The lowest BCUT2D eigenvalue weighted by molar-refractivity contribution is -0.147. The molecular formula is C24H23Cl2F3N4O5S2. The molecule has 0 saturated heterocycles. The zero-order valence-electron chi connectivity index (χ0n) is 20.8. The van der Waals surface area contributed by atoms with Crippen molar-refractivity contribution in [2.24, 2.45) is 11.8 Å². The van der Waals surface area contributed by atoms with Crippen LogP contribution < -0.4 is 4.72 Å². The fourth-order valence-corrected chi connectivity index (χ4v) is 7.75. The Balaban J connectivity index is 1.47. The van der Waals surface area contributed by atoms with Crippen LogP contribution in [0.2, 0.25) is 10.0 Å². The van der Waals surface area contributed by atoms with Crippen LogP contribution >= 0.6 is 34.5 Å². The molecule has 0 aliphatic heterocycles. The first-order valence-electron chi connectivity index (χ1n) is 12.4.